The number of carbonyl (C=O) groups is 2. The van der Waals surface area contributed by atoms with E-state index < -0.39 is 16.8 Å². The van der Waals surface area contributed by atoms with Crippen LogP contribution in [0.1, 0.15) is 31.7 Å². The lowest BCUT2D eigenvalue weighted by atomic mass is 9.90. The van der Waals surface area contributed by atoms with Crippen molar-refractivity contribution in [2.45, 2.75) is 31.6 Å². The van der Waals surface area contributed by atoms with Crippen molar-refractivity contribution < 1.29 is 19.1 Å². The maximum Gasteiger partial charge on any atom is 0.311 e. The fraction of sp³-hybridized carbons (Fsp3) is 0.500. The van der Waals surface area contributed by atoms with E-state index in [9.17, 15) is 19.1 Å². The molecule has 1 atom stereocenters. The molecule has 2 fully saturated rings. The van der Waals surface area contributed by atoms with Crippen LogP contribution in [0.3, 0.4) is 0 Å². The summed E-state index contributed by atoms with van der Waals surface area (Å²) in [6.45, 7) is 2.41. The quantitative estimate of drug-likeness (QED) is 0.928. The van der Waals surface area contributed by atoms with Gasteiger partial charge in [0.2, 0.25) is 5.91 Å². The second-order valence-electron chi connectivity index (χ2n) is 6.43. The van der Waals surface area contributed by atoms with E-state index in [1.54, 1.807) is 24.0 Å². The third kappa shape index (κ3) is 2.20. The van der Waals surface area contributed by atoms with Crippen molar-refractivity contribution in [3.8, 4) is 0 Å². The minimum absolute atomic E-state index is 0.0147. The van der Waals surface area contributed by atoms with Gasteiger partial charge in [-0.2, -0.15) is 0 Å². The molecular formula is C16H18FNO3. The number of benzene rings is 1. The van der Waals surface area contributed by atoms with E-state index in [0.717, 1.165) is 18.4 Å². The first-order chi connectivity index (χ1) is 9.87. The predicted octanol–water partition coefficient (Wildman–Crippen LogP) is 2.18. The zero-order chi connectivity index (χ0) is 15.3. The predicted molar refractivity (Wildman–Crippen MR) is 74.3 cm³/mol. The van der Waals surface area contributed by atoms with Crippen LogP contribution in [0, 0.1) is 11.2 Å². The Morgan fingerprint density at radius 1 is 1.19 bits per heavy atom. The molecule has 1 saturated heterocycles. The Balaban J connectivity index is 1.80. The summed E-state index contributed by atoms with van der Waals surface area (Å²) < 4.78 is 13.0. The van der Waals surface area contributed by atoms with Gasteiger partial charge in [0.15, 0.2) is 0 Å². The van der Waals surface area contributed by atoms with Crippen LogP contribution in [-0.4, -0.2) is 35.0 Å². The summed E-state index contributed by atoms with van der Waals surface area (Å²) in [4.78, 5) is 25.7. The summed E-state index contributed by atoms with van der Waals surface area (Å²) in [6, 6.07) is 6.06. The third-order valence-corrected chi connectivity index (χ3v) is 4.83. The van der Waals surface area contributed by atoms with E-state index >= 15 is 0 Å². The number of rotatable bonds is 3. The molecule has 5 heteroatoms. The molecule has 2 aliphatic rings. The highest BCUT2D eigenvalue weighted by Crippen LogP contribution is 2.50. The van der Waals surface area contributed by atoms with Gasteiger partial charge in [-0.15, -0.1) is 0 Å². The molecule has 112 valence electrons. The van der Waals surface area contributed by atoms with Crippen LogP contribution in [0.15, 0.2) is 24.3 Å². The molecule has 1 N–H and O–H groups in total. The van der Waals surface area contributed by atoms with E-state index in [-0.39, 0.29) is 18.3 Å². The zero-order valence-electron chi connectivity index (χ0n) is 11.9. The highest BCUT2D eigenvalue weighted by Gasteiger charge is 2.55. The topological polar surface area (TPSA) is 57.6 Å². The lowest BCUT2D eigenvalue weighted by molar-refractivity contribution is -0.147. The molecule has 1 saturated carbocycles. The number of hydrogen-bond donors (Lipinski definition) is 1. The standard InChI is InChI=1S/C16H18FNO3/c1-15(14(20)21)8-9-18(10-15)13(19)16(6-7-16)11-2-4-12(17)5-3-11/h2-5H,6-10H2,1H3,(H,20,21). The Kier molecular flexibility index (Phi) is 3.04. The zero-order valence-corrected chi connectivity index (χ0v) is 11.9. The maximum atomic E-state index is 13.0. The average Bonchev–Trinajstić information content (AvgIpc) is 3.16. The molecule has 1 aliphatic carbocycles. The summed E-state index contributed by atoms with van der Waals surface area (Å²) in [5.41, 5.74) is -0.579. The van der Waals surface area contributed by atoms with Crippen LogP contribution in [0.5, 0.6) is 0 Å². The number of carboxylic acids is 1. The first kappa shape index (κ1) is 14.0. The second-order valence-corrected chi connectivity index (χ2v) is 6.43. The molecule has 1 amide bonds. The number of carboxylic acid groups (broad SMARTS) is 1. The minimum atomic E-state index is -0.857. The molecule has 0 aromatic heterocycles. The van der Waals surface area contributed by atoms with E-state index in [1.807, 2.05) is 0 Å². The fourth-order valence-corrected chi connectivity index (χ4v) is 3.13. The van der Waals surface area contributed by atoms with Crippen LogP contribution in [0.25, 0.3) is 0 Å². The third-order valence-electron chi connectivity index (χ3n) is 4.83. The van der Waals surface area contributed by atoms with Crippen molar-refractivity contribution in [2.75, 3.05) is 13.1 Å². The molecule has 1 aromatic rings. The van der Waals surface area contributed by atoms with E-state index in [1.165, 1.54) is 12.1 Å². The van der Waals surface area contributed by atoms with Crippen molar-refractivity contribution in [3.63, 3.8) is 0 Å². The summed E-state index contributed by atoms with van der Waals surface area (Å²) in [6.07, 6.45) is 1.98. The summed E-state index contributed by atoms with van der Waals surface area (Å²) >= 11 is 0. The number of nitrogens with zero attached hydrogens (tertiary/aromatic N) is 1. The largest absolute Gasteiger partial charge is 0.481 e. The van der Waals surface area contributed by atoms with E-state index in [4.69, 9.17) is 0 Å². The molecule has 3 rings (SSSR count). The lowest BCUT2D eigenvalue weighted by Crippen LogP contribution is -2.40. The van der Waals surface area contributed by atoms with Gasteiger partial charge < -0.3 is 10.0 Å². The van der Waals surface area contributed by atoms with Gasteiger partial charge >= 0.3 is 5.97 Å². The van der Waals surface area contributed by atoms with Crippen LogP contribution < -0.4 is 0 Å². The first-order valence-corrected chi connectivity index (χ1v) is 7.16. The van der Waals surface area contributed by atoms with Crippen molar-refractivity contribution in [2.24, 2.45) is 5.41 Å². The van der Waals surface area contributed by atoms with Gasteiger partial charge in [-0.1, -0.05) is 12.1 Å². The molecule has 0 spiro atoms. The van der Waals surface area contributed by atoms with Gasteiger partial charge in [0.25, 0.3) is 0 Å². The number of carbonyl (C=O) groups excluding carboxylic acids is 1. The van der Waals surface area contributed by atoms with Crippen LogP contribution in [0.2, 0.25) is 0 Å². The SMILES string of the molecule is CC1(C(=O)O)CCN(C(=O)C2(c3ccc(F)cc3)CC2)C1. The number of halogens is 1. The molecule has 1 aliphatic heterocycles. The van der Waals surface area contributed by atoms with Gasteiger partial charge in [0, 0.05) is 13.1 Å². The van der Waals surface area contributed by atoms with Crippen molar-refractivity contribution in [3.05, 3.63) is 35.6 Å². The van der Waals surface area contributed by atoms with Crippen LogP contribution in [0.4, 0.5) is 4.39 Å². The average molecular weight is 291 g/mol. The number of hydrogen-bond acceptors (Lipinski definition) is 2. The Morgan fingerprint density at radius 3 is 2.29 bits per heavy atom. The van der Waals surface area contributed by atoms with Crippen LogP contribution >= 0.6 is 0 Å². The van der Waals surface area contributed by atoms with Crippen molar-refractivity contribution in [1.82, 2.24) is 4.90 Å². The molecule has 1 unspecified atom stereocenters. The van der Waals surface area contributed by atoms with Gasteiger partial charge in [-0.05, 0) is 43.9 Å². The Hall–Kier alpha value is -1.91. The smallest absolute Gasteiger partial charge is 0.311 e. The monoisotopic (exact) mass is 291 g/mol. The molecule has 0 bridgehead atoms. The molecule has 1 aromatic carbocycles. The molecule has 4 nitrogen and oxygen atoms in total. The first-order valence-electron chi connectivity index (χ1n) is 7.16. The number of aliphatic carboxylic acids is 1. The van der Waals surface area contributed by atoms with Gasteiger partial charge in [-0.25, -0.2) is 4.39 Å². The van der Waals surface area contributed by atoms with Crippen molar-refractivity contribution in [1.29, 1.82) is 0 Å². The molecular weight excluding hydrogens is 273 g/mol. The summed E-state index contributed by atoms with van der Waals surface area (Å²) in [5, 5.41) is 9.26. The minimum Gasteiger partial charge on any atom is -0.481 e. The highest BCUT2D eigenvalue weighted by molar-refractivity contribution is 5.92. The normalized spacial score (nSPS) is 26.7. The van der Waals surface area contributed by atoms with Gasteiger partial charge in [0.1, 0.15) is 5.82 Å². The Labute approximate surface area is 122 Å². The lowest BCUT2D eigenvalue weighted by Gasteiger charge is -2.25. The maximum absolute atomic E-state index is 13.0. The number of amides is 1. The van der Waals surface area contributed by atoms with E-state index in [0.29, 0.717) is 13.0 Å². The Bertz CT molecular complexity index is 594. The second kappa shape index (κ2) is 4.55. The summed E-state index contributed by atoms with van der Waals surface area (Å²) in [5.74, 6) is -1.19. The number of likely N-dealkylation sites (tertiary alicyclic amines) is 1. The highest BCUT2D eigenvalue weighted by atomic mass is 19.1. The van der Waals surface area contributed by atoms with Crippen molar-refractivity contribution >= 4 is 11.9 Å². The molecule has 1 heterocycles. The molecule has 0 radical (unpaired) electrons. The Morgan fingerprint density at radius 2 is 1.81 bits per heavy atom. The molecule has 21 heavy (non-hydrogen) atoms. The van der Waals surface area contributed by atoms with Crippen LogP contribution in [-0.2, 0) is 15.0 Å². The van der Waals surface area contributed by atoms with Gasteiger partial charge in [-0.3, -0.25) is 9.59 Å². The van der Waals surface area contributed by atoms with E-state index in [2.05, 4.69) is 0 Å². The fourth-order valence-electron chi connectivity index (χ4n) is 3.13. The summed E-state index contributed by atoms with van der Waals surface area (Å²) in [7, 11) is 0. The van der Waals surface area contributed by atoms with Gasteiger partial charge in [0.05, 0.1) is 10.8 Å².